The Hall–Kier alpha value is -2.04. The summed E-state index contributed by atoms with van der Waals surface area (Å²) in [5.41, 5.74) is 0. The monoisotopic (exact) mass is 182 g/mol. The number of aliphatic carboxylic acids is 1. The highest BCUT2D eigenvalue weighted by atomic mass is 16.4. The van der Waals surface area contributed by atoms with Crippen LogP contribution in [-0.4, -0.2) is 22.0 Å². The van der Waals surface area contributed by atoms with E-state index in [0.29, 0.717) is 6.08 Å². The number of ketones is 1. The Morgan fingerprint density at radius 2 is 2.08 bits per heavy atom. The molecule has 0 fully saturated rings. The van der Waals surface area contributed by atoms with Crippen LogP contribution < -0.4 is 0 Å². The molecular weight excluding hydrogens is 176 g/mol. The Bertz CT molecular complexity index is 347. The smallest absolute Gasteiger partial charge is 0.371 e. The minimum atomic E-state index is -1.56. The van der Waals surface area contributed by atoms with Crippen LogP contribution >= 0.6 is 0 Å². The van der Waals surface area contributed by atoms with Crippen molar-refractivity contribution in [1.29, 1.82) is 0 Å². The van der Waals surface area contributed by atoms with E-state index in [1.54, 1.807) is 0 Å². The molecule has 0 amide bonds. The molecule has 5 heteroatoms. The number of rotatable bonds is 3. The molecule has 68 valence electrons. The standard InChI is InChI=1S/C8H6O5/c9-5(4-6(10)8(11)12)7-2-1-3-13-7/h1-4,10H,(H,11,12)/b6-4+. The molecule has 0 bridgehead atoms. The van der Waals surface area contributed by atoms with E-state index in [9.17, 15) is 9.59 Å². The maximum absolute atomic E-state index is 11.0. The van der Waals surface area contributed by atoms with Gasteiger partial charge >= 0.3 is 5.97 Å². The Balaban J connectivity index is 2.82. The minimum Gasteiger partial charge on any atom is -0.502 e. The van der Waals surface area contributed by atoms with E-state index < -0.39 is 17.5 Å². The number of aliphatic hydroxyl groups excluding tert-OH is 1. The highest BCUT2D eigenvalue weighted by molar-refractivity contribution is 6.05. The molecule has 13 heavy (non-hydrogen) atoms. The van der Waals surface area contributed by atoms with Gasteiger partial charge in [-0.15, -0.1) is 0 Å². The number of carboxylic acid groups (broad SMARTS) is 1. The number of carbonyl (C=O) groups excluding carboxylic acids is 1. The van der Waals surface area contributed by atoms with Crippen molar-refractivity contribution < 1.29 is 24.2 Å². The predicted molar refractivity (Wildman–Crippen MR) is 41.4 cm³/mol. The van der Waals surface area contributed by atoms with Crippen molar-refractivity contribution in [3.8, 4) is 0 Å². The minimum absolute atomic E-state index is 0.0206. The zero-order valence-electron chi connectivity index (χ0n) is 6.43. The fourth-order valence-electron chi connectivity index (χ4n) is 0.676. The Kier molecular flexibility index (Phi) is 2.49. The van der Waals surface area contributed by atoms with Gasteiger partial charge in [-0.1, -0.05) is 0 Å². The van der Waals surface area contributed by atoms with E-state index in [1.165, 1.54) is 18.4 Å². The van der Waals surface area contributed by atoms with Crippen LogP contribution in [0.2, 0.25) is 0 Å². The number of hydrogen-bond donors (Lipinski definition) is 2. The van der Waals surface area contributed by atoms with E-state index >= 15 is 0 Å². The van der Waals surface area contributed by atoms with Gasteiger partial charge in [0.05, 0.1) is 6.26 Å². The maximum atomic E-state index is 11.0. The van der Waals surface area contributed by atoms with Gasteiger partial charge in [-0.2, -0.15) is 0 Å². The molecule has 1 rings (SSSR count). The Morgan fingerprint density at radius 3 is 2.54 bits per heavy atom. The molecule has 1 heterocycles. The van der Waals surface area contributed by atoms with Gasteiger partial charge in [-0.3, -0.25) is 4.79 Å². The van der Waals surface area contributed by atoms with Crippen molar-refractivity contribution in [2.24, 2.45) is 0 Å². The van der Waals surface area contributed by atoms with Gasteiger partial charge in [0.25, 0.3) is 0 Å². The topological polar surface area (TPSA) is 87.7 Å². The van der Waals surface area contributed by atoms with Crippen LogP contribution in [0.1, 0.15) is 10.6 Å². The van der Waals surface area contributed by atoms with Crippen LogP contribution in [0, 0.1) is 0 Å². The van der Waals surface area contributed by atoms with Gasteiger partial charge in [-0.05, 0) is 12.1 Å². The Labute approximate surface area is 72.9 Å². The third-order valence-electron chi connectivity index (χ3n) is 1.25. The van der Waals surface area contributed by atoms with E-state index in [0.717, 1.165) is 0 Å². The maximum Gasteiger partial charge on any atom is 0.371 e. The van der Waals surface area contributed by atoms with Gasteiger partial charge in [0.15, 0.2) is 5.76 Å². The number of carbonyl (C=O) groups is 2. The van der Waals surface area contributed by atoms with E-state index in [1.807, 2.05) is 0 Å². The van der Waals surface area contributed by atoms with Crippen molar-refractivity contribution in [3.05, 3.63) is 36.0 Å². The number of carboxylic acids is 1. The molecule has 2 N–H and O–H groups in total. The summed E-state index contributed by atoms with van der Waals surface area (Å²) in [6.07, 6.45) is 1.86. The molecule has 0 spiro atoms. The van der Waals surface area contributed by atoms with E-state index in [2.05, 4.69) is 4.42 Å². The number of furan rings is 1. The van der Waals surface area contributed by atoms with Crippen LogP contribution in [0.15, 0.2) is 34.6 Å². The largest absolute Gasteiger partial charge is 0.502 e. The third-order valence-corrected chi connectivity index (χ3v) is 1.25. The lowest BCUT2D eigenvalue weighted by Gasteiger charge is -1.90. The average Bonchev–Trinajstić information content (AvgIpc) is 2.55. The number of hydrogen-bond acceptors (Lipinski definition) is 4. The number of allylic oxidation sites excluding steroid dienone is 1. The second-order valence-corrected chi connectivity index (χ2v) is 2.18. The van der Waals surface area contributed by atoms with E-state index in [4.69, 9.17) is 10.2 Å². The fraction of sp³-hybridized carbons (Fsp3) is 0. The summed E-state index contributed by atoms with van der Waals surface area (Å²) < 4.78 is 4.68. The average molecular weight is 182 g/mol. The SMILES string of the molecule is O=C(O)/C(O)=C\C(=O)c1ccco1. The van der Waals surface area contributed by atoms with Crippen LogP contribution in [-0.2, 0) is 4.79 Å². The van der Waals surface area contributed by atoms with Gasteiger partial charge < -0.3 is 14.6 Å². The highest BCUT2D eigenvalue weighted by Gasteiger charge is 2.10. The molecule has 0 atom stereocenters. The van der Waals surface area contributed by atoms with Crippen LogP contribution in [0.3, 0.4) is 0 Å². The molecular formula is C8H6O5. The van der Waals surface area contributed by atoms with Gasteiger partial charge in [0, 0.05) is 6.08 Å². The molecule has 0 aromatic carbocycles. The zero-order chi connectivity index (χ0) is 9.84. The Morgan fingerprint density at radius 1 is 1.38 bits per heavy atom. The van der Waals surface area contributed by atoms with Crippen molar-refractivity contribution in [2.75, 3.05) is 0 Å². The molecule has 0 unspecified atom stereocenters. The first-order chi connectivity index (χ1) is 6.11. The van der Waals surface area contributed by atoms with Crippen LogP contribution in [0.5, 0.6) is 0 Å². The van der Waals surface area contributed by atoms with Crippen molar-refractivity contribution in [2.45, 2.75) is 0 Å². The molecule has 5 nitrogen and oxygen atoms in total. The van der Waals surface area contributed by atoms with Crippen molar-refractivity contribution >= 4 is 11.8 Å². The second-order valence-electron chi connectivity index (χ2n) is 2.18. The summed E-state index contributed by atoms with van der Waals surface area (Å²) in [6.45, 7) is 0. The molecule has 1 aromatic rings. The second kappa shape index (κ2) is 3.57. The fourth-order valence-corrected chi connectivity index (χ4v) is 0.676. The molecule has 0 aliphatic heterocycles. The summed E-state index contributed by atoms with van der Waals surface area (Å²) in [5, 5.41) is 16.9. The van der Waals surface area contributed by atoms with E-state index in [-0.39, 0.29) is 5.76 Å². The first kappa shape index (κ1) is 9.05. The first-order valence-electron chi connectivity index (χ1n) is 3.33. The summed E-state index contributed by atoms with van der Waals surface area (Å²) in [6, 6.07) is 2.85. The summed E-state index contributed by atoms with van der Waals surface area (Å²) in [4.78, 5) is 21.1. The highest BCUT2D eigenvalue weighted by Crippen LogP contribution is 2.03. The zero-order valence-corrected chi connectivity index (χ0v) is 6.43. The molecule has 1 aromatic heterocycles. The van der Waals surface area contributed by atoms with Crippen molar-refractivity contribution in [1.82, 2.24) is 0 Å². The van der Waals surface area contributed by atoms with Gasteiger partial charge in [0.2, 0.25) is 11.5 Å². The molecule has 0 aliphatic carbocycles. The summed E-state index contributed by atoms with van der Waals surface area (Å²) in [7, 11) is 0. The van der Waals surface area contributed by atoms with Crippen molar-refractivity contribution in [3.63, 3.8) is 0 Å². The van der Waals surface area contributed by atoms with Crippen LogP contribution in [0.25, 0.3) is 0 Å². The lowest BCUT2D eigenvalue weighted by molar-refractivity contribution is -0.135. The normalized spacial score (nSPS) is 11.2. The van der Waals surface area contributed by atoms with Gasteiger partial charge in [-0.25, -0.2) is 4.79 Å². The third kappa shape index (κ3) is 2.19. The summed E-state index contributed by atoms with van der Waals surface area (Å²) in [5.74, 6) is -3.28. The summed E-state index contributed by atoms with van der Waals surface area (Å²) >= 11 is 0. The first-order valence-corrected chi connectivity index (χ1v) is 3.33. The number of aliphatic hydroxyl groups is 1. The molecule has 0 aliphatic rings. The predicted octanol–water partition coefficient (Wildman–Crippen LogP) is 0.989. The molecule has 0 saturated carbocycles. The molecule has 0 radical (unpaired) electrons. The lowest BCUT2D eigenvalue weighted by Crippen LogP contribution is -2.03. The lowest BCUT2D eigenvalue weighted by atomic mass is 10.2. The van der Waals surface area contributed by atoms with Crippen LogP contribution in [0.4, 0.5) is 0 Å². The quantitative estimate of drug-likeness (QED) is 0.413. The van der Waals surface area contributed by atoms with Gasteiger partial charge in [0.1, 0.15) is 0 Å². The molecule has 0 saturated heterocycles.